The first-order chi connectivity index (χ1) is 25.2. The molecule has 8 aromatic rings. The monoisotopic (exact) mass is 800 g/mol. The normalized spacial score (nSPS) is 9.17. The van der Waals surface area contributed by atoms with Crippen LogP contribution in [0.3, 0.4) is 0 Å². The van der Waals surface area contributed by atoms with Crippen LogP contribution in [0.4, 0.5) is 0 Å². The van der Waals surface area contributed by atoms with Gasteiger partial charge >= 0.3 is 0 Å². The van der Waals surface area contributed by atoms with Gasteiger partial charge in [-0.3, -0.25) is 0 Å². The van der Waals surface area contributed by atoms with Crippen molar-refractivity contribution in [2.24, 2.45) is 0 Å². The van der Waals surface area contributed by atoms with E-state index in [1.165, 1.54) is 32.6 Å². The molecule has 0 bridgehead atoms. The second-order valence-corrected chi connectivity index (χ2v) is 13.9. The maximum atomic E-state index is 3.72. The first-order valence-electron chi connectivity index (χ1n) is 17.2. The molecule has 0 heterocycles. The van der Waals surface area contributed by atoms with Gasteiger partial charge < -0.3 is 0 Å². The molecular weight excluding hydrogens is 750 g/mol. The molecule has 0 aromatic heterocycles. The molecule has 0 spiro atoms. The third-order valence-corrected chi connectivity index (χ3v) is 10.3. The van der Waals surface area contributed by atoms with Crippen molar-refractivity contribution in [3.05, 3.63) is 267 Å². The molecule has 0 saturated heterocycles. The third kappa shape index (κ3) is 17.2. The van der Waals surface area contributed by atoms with Gasteiger partial charge in [0.2, 0.25) is 0 Å². The van der Waals surface area contributed by atoms with E-state index in [0.717, 1.165) is 5.56 Å². The molecule has 0 nitrogen and oxygen atoms in total. The van der Waals surface area contributed by atoms with Gasteiger partial charge in [-0.05, 0) is 48.9 Å². The van der Waals surface area contributed by atoms with Crippen LogP contribution >= 0.6 is 7.92 Å². The van der Waals surface area contributed by atoms with Gasteiger partial charge in [0.1, 0.15) is 15.9 Å². The van der Waals surface area contributed by atoms with Crippen LogP contribution in [0.1, 0.15) is 18.6 Å². The molecule has 8 aromatic carbocycles. The van der Waals surface area contributed by atoms with Crippen molar-refractivity contribution < 1.29 is 20.4 Å². The first kappa shape index (κ1) is 43.9. The minimum absolute atomic E-state index is 0. The van der Waals surface area contributed by atoms with E-state index in [-0.39, 0.29) is 27.8 Å². The van der Waals surface area contributed by atoms with E-state index in [1.54, 1.807) is 0 Å². The summed E-state index contributed by atoms with van der Waals surface area (Å²) in [6.07, 6.45) is 0. The number of hydrogen-bond acceptors (Lipinski definition) is 0. The van der Waals surface area contributed by atoms with Gasteiger partial charge in [-0.1, -0.05) is 201 Å². The van der Waals surface area contributed by atoms with Gasteiger partial charge in [0.25, 0.3) is 0 Å². The van der Waals surface area contributed by atoms with Crippen molar-refractivity contribution in [1.82, 2.24) is 0 Å². The van der Waals surface area contributed by atoms with Gasteiger partial charge in [-0.25, -0.2) is 0 Å². The van der Waals surface area contributed by atoms with Crippen LogP contribution in [0.25, 0.3) is 11.1 Å². The molecule has 0 radical (unpaired) electrons. The molecule has 270 valence electrons. The van der Waals surface area contributed by atoms with Crippen LogP contribution in [0.15, 0.2) is 249 Å². The summed E-state index contributed by atoms with van der Waals surface area (Å²) in [6, 6.07) is 85.5. The maximum absolute atomic E-state index is 3.72. The van der Waals surface area contributed by atoms with E-state index in [9.17, 15) is 0 Å². The van der Waals surface area contributed by atoms with Crippen molar-refractivity contribution in [1.29, 1.82) is 0 Å². The molecule has 0 fully saturated rings. The van der Waals surface area contributed by atoms with Gasteiger partial charge in [0.15, 0.2) is 0 Å². The zero-order valence-corrected chi connectivity index (χ0v) is 32.2. The summed E-state index contributed by atoms with van der Waals surface area (Å²) in [6.45, 7) is 5.89. The summed E-state index contributed by atoms with van der Waals surface area (Å²) in [5, 5.41) is 4.29. The number of rotatable bonds is 4. The van der Waals surface area contributed by atoms with E-state index in [0.29, 0.717) is 0 Å². The Kier molecular flexibility index (Phi) is 22.7. The second kappa shape index (κ2) is 27.4. The Morgan fingerprint density at radius 2 is 0.642 bits per heavy atom. The standard InChI is InChI=1S/C25H21P.C7H7.3C6H6.CH4.Pd/c1-20-17-18-25(24(19-20)21-11-5-2-6-12-21)26(22-13-7-3-8-14-22)23-15-9-4-10-16-23;1-7-5-3-2-4-6-7;3*1-2-4-6-5-3-1;;/h2-19H,1H3;2-6H,1H2;3*1-6H;1H4;/q;-1;;;;;/p+1. The summed E-state index contributed by atoms with van der Waals surface area (Å²) in [5.41, 5.74) is 5.02. The Bertz CT molecular complexity index is 1780. The molecular formula is C51H51PPd. The maximum Gasteiger partial charge on any atom is 0.110 e. The van der Waals surface area contributed by atoms with Gasteiger partial charge in [0, 0.05) is 26.0 Å². The van der Waals surface area contributed by atoms with E-state index < -0.39 is 7.92 Å². The van der Waals surface area contributed by atoms with Crippen molar-refractivity contribution in [2.45, 2.75) is 14.4 Å². The molecule has 53 heavy (non-hydrogen) atoms. The number of benzene rings is 8. The van der Waals surface area contributed by atoms with E-state index in [1.807, 2.05) is 140 Å². The van der Waals surface area contributed by atoms with Gasteiger partial charge in [0.05, 0.1) is 7.92 Å². The molecule has 0 N–H and O–H groups in total. The first-order valence-corrected chi connectivity index (χ1v) is 18.7. The van der Waals surface area contributed by atoms with Crippen LogP contribution < -0.4 is 15.9 Å². The van der Waals surface area contributed by atoms with Crippen molar-refractivity contribution in [3.63, 3.8) is 0 Å². The fraction of sp³-hybridized carbons (Fsp3) is 0.0392. The molecule has 2 heteroatoms. The van der Waals surface area contributed by atoms with Crippen LogP contribution in [-0.4, -0.2) is 0 Å². The second-order valence-electron chi connectivity index (χ2n) is 11.5. The van der Waals surface area contributed by atoms with Gasteiger partial charge in [-0.15, -0.1) is 12.1 Å². The predicted octanol–water partition coefficient (Wildman–Crippen LogP) is 12.7. The minimum atomic E-state index is -1.07. The fourth-order valence-electron chi connectivity index (χ4n) is 5.05. The summed E-state index contributed by atoms with van der Waals surface area (Å²) < 4.78 is 0. The third-order valence-electron chi connectivity index (χ3n) is 7.50. The zero-order chi connectivity index (χ0) is 35.6. The quantitative estimate of drug-likeness (QED) is 0.0945. The Morgan fingerprint density at radius 1 is 0.358 bits per heavy atom. The zero-order valence-electron chi connectivity index (χ0n) is 29.7. The van der Waals surface area contributed by atoms with Crippen LogP contribution in [0.2, 0.25) is 0 Å². The van der Waals surface area contributed by atoms with Crippen LogP contribution in [-0.2, 0) is 20.4 Å². The topological polar surface area (TPSA) is 0 Å². The molecule has 0 unspecified atom stereocenters. The molecule has 0 atom stereocenters. The Balaban J connectivity index is 0.000000290. The van der Waals surface area contributed by atoms with E-state index in [4.69, 9.17) is 0 Å². The number of hydrogen-bond donors (Lipinski definition) is 0. The molecule has 8 rings (SSSR count). The molecule has 0 aliphatic carbocycles. The molecule has 0 aliphatic heterocycles. The fourth-order valence-corrected chi connectivity index (χ4v) is 7.80. The summed E-state index contributed by atoms with van der Waals surface area (Å²) in [4.78, 5) is 0. The van der Waals surface area contributed by atoms with Crippen LogP contribution in [0, 0.1) is 13.8 Å². The smallest absolute Gasteiger partial charge is 0.110 e. The summed E-state index contributed by atoms with van der Waals surface area (Å²) >= 11 is 0. The van der Waals surface area contributed by atoms with Crippen molar-refractivity contribution in [2.75, 3.05) is 0 Å². The molecule has 0 saturated carbocycles. The SMILES string of the molecule is C.Cc1ccc([PH+](c2ccccc2)c2ccccc2)c(-c2ccccc2)c1.[CH2-]c1ccccc1.[Pd].c1ccccc1.c1ccccc1.c1ccccc1. The predicted molar refractivity (Wildman–Crippen MR) is 234 cm³/mol. The molecule has 0 aliphatic rings. The Labute approximate surface area is 334 Å². The van der Waals surface area contributed by atoms with Gasteiger partial charge in [-0.2, -0.15) is 24.6 Å². The average molecular weight is 801 g/mol. The van der Waals surface area contributed by atoms with E-state index in [2.05, 4.69) is 123 Å². The Hall–Kier alpha value is -5.28. The largest absolute Gasteiger partial charge is 0.199 e. The molecule has 0 amide bonds. The van der Waals surface area contributed by atoms with Crippen molar-refractivity contribution >= 4 is 23.8 Å². The van der Waals surface area contributed by atoms with Crippen LogP contribution in [0.5, 0.6) is 0 Å². The Morgan fingerprint density at radius 3 is 0.943 bits per heavy atom. The van der Waals surface area contributed by atoms with E-state index >= 15 is 0 Å². The van der Waals surface area contributed by atoms with Crippen molar-refractivity contribution in [3.8, 4) is 11.1 Å². The summed E-state index contributed by atoms with van der Waals surface area (Å²) in [5.74, 6) is 0. The minimum Gasteiger partial charge on any atom is -0.199 e. The summed E-state index contributed by atoms with van der Waals surface area (Å²) in [7, 11) is -1.07. The number of aryl methyl sites for hydroxylation is 1. The average Bonchev–Trinajstić information content (AvgIpc) is 3.23.